The highest BCUT2D eigenvalue weighted by molar-refractivity contribution is 6.05. The molecule has 0 saturated carbocycles. The molecule has 0 radical (unpaired) electrons. The number of hydrogen-bond acceptors (Lipinski definition) is 6. The fourth-order valence-corrected chi connectivity index (χ4v) is 1.53. The number of benzene rings is 1. The van der Waals surface area contributed by atoms with Crippen LogP contribution in [0.25, 0.3) is 0 Å². The number of aliphatic hydroxyl groups excluding tert-OH is 1. The van der Waals surface area contributed by atoms with Gasteiger partial charge in [-0.1, -0.05) is 5.16 Å². The lowest BCUT2D eigenvalue weighted by Crippen LogP contribution is -2.42. The molecule has 1 aromatic rings. The van der Waals surface area contributed by atoms with Crippen molar-refractivity contribution < 1.29 is 20.0 Å². The second-order valence-electron chi connectivity index (χ2n) is 3.72. The molecule has 0 spiro atoms. The van der Waals surface area contributed by atoms with Crippen molar-refractivity contribution in [3.63, 3.8) is 0 Å². The lowest BCUT2D eigenvalue weighted by atomic mass is 10.0. The number of hydrogen-bond donors (Lipinski definition) is 3. The predicted octanol–water partition coefficient (Wildman–Crippen LogP) is 0.270. The van der Waals surface area contributed by atoms with Gasteiger partial charge in [0.05, 0.1) is 17.6 Å². The maximum atomic E-state index is 11.0. The molecule has 1 aromatic carbocycles. The van der Waals surface area contributed by atoms with Crippen molar-refractivity contribution in [1.82, 2.24) is 5.32 Å². The van der Waals surface area contributed by atoms with Crippen molar-refractivity contribution in [1.29, 1.82) is 0 Å². The highest BCUT2D eigenvalue weighted by Crippen LogP contribution is 2.13. The van der Waals surface area contributed by atoms with Crippen LogP contribution in [0.15, 0.2) is 29.4 Å². The molecule has 3 N–H and O–H groups in total. The number of carbonyl (C=O) groups is 1. The third kappa shape index (κ3) is 3.75. The Morgan fingerprint density at radius 2 is 2.05 bits per heavy atom. The van der Waals surface area contributed by atoms with Gasteiger partial charge < -0.3 is 15.6 Å². The van der Waals surface area contributed by atoms with Gasteiger partial charge in [0.15, 0.2) is 0 Å². The molecule has 0 fully saturated rings. The minimum absolute atomic E-state index is 0.0209. The van der Waals surface area contributed by atoms with E-state index in [1.807, 2.05) is 0 Å². The number of nitro groups is 1. The summed E-state index contributed by atoms with van der Waals surface area (Å²) in [5.41, 5.74) is 0.273. The quantitative estimate of drug-likeness (QED) is 0.305. The number of nitro benzene ring substituents is 1. The van der Waals surface area contributed by atoms with Crippen molar-refractivity contribution in [2.45, 2.75) is 13.0 Å². The Balaban J connectivity index is 3.02. The first-order valence-corrected chi connectivity index (χ1v) is 5.34. The third-order valence-electron chi connectivity index (χ3n) is 2.37. The summed E-state index contributed by atoms with van der Waals surface area (Å²) >= 11 is 0. The Kier molecular flexibility index (Phi) is 4.95. The Morgan fingerprint density at radius 1 is 1.47 bits per heavy atom. The topological polar surface area (TPSA) is 125 Å². The van der Waals surface area contributed by atoms with Crippen molar-refractivity contribution in [2.75, 3.05) is 6.61 Å². The highest BCUT2D eigenvalue weighted by atomic mass is 16.6. The van der Waals surface area contributed by atoms with Crippen LogP contribution in [-0.2, 0) is 4.79 Å². The standard InChI is InChI=1S/C11H13N3O5/c1-7(16)12-10(6-15)11(13-17)8-2-4-9(5-3-8)14(18)19/h2-5,10,15,17H,6H2,1H3,(H,12,16)/b13-11+. The molecule has 1 unspecified atom stereocenters. The van der Waals surface area contributed by atoms with Crippen LogP contribution in [0.3, 0.4) is 0 Å². The summed E-state index contributed by atoms with van der Waals surface area (Å²) in [6.45, 7) is 0.795. The number of aliphatic hydroxyl groups is 1. The zero-order chi connectivity index (χ0) is 14.4. The molecule has 1 amide bonds. The Morgan fingerprint density at radius 3 is 2.42 bits per heavy atom. The molecule has 0 aliphatic heterocycles. The fourth-order valence-electron chi connectivity index (χ4n) is 1.53. The van der Waals surface area contributed by atoms with Crippen LogP contribution in [0.2, 0.25) is 0 Å². The van der Waals surface area contributed by atoms with Gasteiger partial charge in [-0.05, 0) is 12.1 Å². The maximum Gasteiger partial charge on any atom is 0.269 e. The van der Waals surface area contributed by atoms with E-state index < -0.39 is 23.5 Å². The zero-order valence-electron chi connectivity index (χ0n) is 10.1. The van der Waals surface area contributed by atoms with E-state index in [4.69, 9.17) is 10.3 Å². The summed E-state index contributed by atoms with van der Waals surface area (Å²) in [6, 6.07) is 4.34. The van der Waals surface area contributed by atoms with Gasteiger partial charge in [0.1, 0.15) is 5.71 Å². The van der Waals surface area contributed by atoms with E-state index in [0.717, 1.165) is 0 Å². The summed E-state index contributed by atoms with van der Waals surface area (Å²) in [5, 5.41) is 34.1. The SMILES string of the molecule is CC(=O)NC(CO)/C(=N/O)c1ccc([N+](=O)[O-])cc1. The lowest BCUT2D eigenvalue weighted by Gasteiger charge is -2.16. The summed E-state index contributed by atoms with van der Waals surface area (Å²) in [4.78, 5) is 20.9. The Bertz CT molecular complexity index is 498. The Hall–Kier alpha value is -2.48. The molecule has 8 heteroatoms. The highest BCUT2D eigenvalue weighted by Gasteiger charge is 2.19. The summed E-state index contributed by atoms with van der Waals surface area (Å²) in [5.74, 6) is -0.401. The van der Waals surface area contributed by atoms with Crippen LogP contribution in [0.1, 0.15) is 12.5 Å². The zero-order valence-corrected chi connectivity index (χ0v) is 10.1. The van der Waals surface area contributed by atoms with E-state index in [9.17, 15) is 14.9 Å². The molecular formula is C11H13N3O5. The van der Waals surface area contributed by atoms with E-state index in [0.29, 0.717) is 5.56 Å². The largest absolute Gasteiger partial charge is 0.411 e. The molecule has 0 aliphatic carbocycles. The Labute approximate surface area is 108 Å². The first-order valence-electron chi connectivity index (χ1n) is 5.34. The first-order chi connectivity index (χ1) is 8.99. The summed E-state index contributed by atoms with van der Waals surface area (Å²) < 4.78 is 0. The van der Waals surface area contributed by atoms with Gasteiger partial charge in [0.25, 0.3) is 5.69 Å². The second kappa shape index (κ2) is 6.45. The minimum atomic E-state index is -0.885. The van der Waals surface area contributed by atoms with Gasteiger partial charge in [0.2, 0.25) is 5.91 Å². The van der Waals surface area contributed by atoms with Crippen molar-refractivity contribution in [2.24, 2.45) is 5.16 Å². The molecule has 0 heterocycles. The maximum absolute atomic E-state index is 11.0. The molecule has 0 aromatic heterocycles. The van der Waals surface area contributed by atoms with E-state index >= 15 is 0 Å². The number of carbonyl (C=O) groups excluding carboxylic acids is 1. The van der Waals surface area contributed by atoms with Gasteiger partial charge in [-0.25, -0.2) is 0 Å². The average molecular weight is 267 g/mol. The van der Waals surface area contributed by atoms with E-state index in [2.05, 4.69) is 10.5 Å². The van der Waals surface area contributed by atoms with E-state index in [1.54, 1.807) is 0 Å². The molecular weight excluding hydrogens is 254 g/mol. The van der Waals surface area contributed by atoms with Gasteiger partial charge in [-0.3, -0.25) is 14.9 Å². The molecule has 1 rings (SSSR count). The van der Waals surface area contributed by atoms with Crippen LogP contribution >= 0.6 is 0 Å². The monoisotopic (exact) mass is 267 g/mol. The van der Waals surface area contributed by atoms with Crippen LogP contribution in [0.4, 0.5) is 5.69 Å². The normalized spacial score (nSPS) is 12.8. The lowest BCUT2D eigenvalue weighted by molar-refractivity contribution is -0.384. The van der Waals surface area contributed by atoms with Crippen molar-refractivity contribution in [3.05, 3.63) is 39.9 Å². The van der Waals surface area contributed by atoms with Gasteiger partial charge in [0, 0.05) is 24.6 Å². The fraction of sp³-hybridized carbons (Fsp3) is 0.273. The number of oxime groups is 1. The smallest absolute Gasteiger partial charge is 0.269 e. The molecule has 8 nitrogen and oxygen atoms in total. The van der Waals surface area contributed by atoms with Gasteiger partial charge >= 0.3 is 0 Å². The number of nitrogens with one attached hydrogen (secondary N) is 1. The van der Waals surface area contributed by atoms with Crippen LogP contribution in [-0.4, -0.2) is 39.5 Å². The minimum Gasteiger partial charge on any atom is -0.411 e. The predicted molar refractivity (Wildman–Crippen MR) is 66.1 cm³/mol. The first kappa shape index (κ1) is 14.6. The number of rotatable bonds is 5. The molecule has 102 valence electrons. The molecule has 0 saturated heterocycles. The van der Waals surface area contributed by atoms with Crippen molar-refractivity contribution >= 4 is 17.3 Å². The third-order valence-corrected chi connectivity index (χ3v) is 2.37. The molecule has 19 heavy (non-hydrogen) atoms. The molecule has 1 atom stereocenters. The van der Waals surface area contributed by atoms with Crippen LogP contribution in [0, 0.1) is 10.1 Å². The van der Waals surface area contributed by atoms with Crippen molar-refractivity contribution in [3.8, 4) is 0 Å². The van der Waals surface area contributed by atoms with Crippen LogP contribution in [0.5, 0.6) is 0 Å². The number of nitrogens with zero attached hydrogens (tertiary/aromatic N) is 2. The van der Waals surface area contributed by atoms with Crippen LogP contribution < -0.4 is 5.32 Å². The second-order valence-corrected chi connectivity index (χ2v) is 3.72. The average Bonchev–Trinajstić information content (AvgIpc) is 2.38. The summed E-state index contributed by atoms with van der Waals surface area (Å²) in [7, 11) is 0. The van der Waals surface area contributed by atoms with Gasteiger partial charge in [-0.2, -0.15) is 0 Å². The molecule has 0 aliphatic rings. The van der Waals surface area contributed by atoms with Gasteiger partial charge in [-0.15, -0.1) is 0 Å². The molecule has 0 bridgehead atoms. The van der Waals surface area contributed by atoms with E-state index in [-0.39, 0.29) is 11.4 Å². The number of non-ortho nitro benzene ring substituents is 1. The number of amides is 1. The van der Waals surface area contributed by atoms with E-state index in [1.165, 1.54) is 31.2 Å². The summed E-state index contributed by atoms with van der Waals surface area (Å²) in [6.07, 6.45) is 0.